The molecule has 1 fully saturated rings. The van der Waals surface area contributed by atoms with Crippen molar-refractivity contribution in [2.24, 2.45) is 0 Å². The maximum absolute atomic E-state index is 12.5. The van der Waals surface area contributed by atoms with Crippen LogP contribution in [-0.2, 0) is 14.3 Å². The van der Waals surface area contributed by atoms with Crippen molar-refractivity contribution in [3.05, 3.63) is 42.0 Å². The van der Waals surface area contributed by atoms with E-state index in [1.54, 1.807) is 12.2 Å². The highest BCUT2D eigenvalue weighted by Crippen LogP contribution is 2.33. The fraction of sp³-hybridized carbons (Fsp3) is 0.412. The van der Waals surface area contributed by atoms with Crippen LogP contribution < -0.4 is 0 Å². The normalized spacial score (nSPS) is 17.9. The van der Waals surface area contributed by atoms with Gasteiger partial charge >= 0.3 is 5.97 Å². The first-order valence-corrected chi connectivity index (χ1v) is 7.09. The molecule has 0 aromatic heterocycles. The average molecular weight is 272 g/mol. The summed E-state index contributed by atoms with van der Waals surface area (Å²) in [5.41, 5.74) is 0.0321. The fourth-order valence-electron chi connectivity index (χ4n) is 2.68. The van der Waals surface area contributed by atoms with E-state index in [-0.39, 0.29) is 11.8 Å². The predicted molar refractivity (Wildman–Crippen MR) is 78.1 cm³/mol. The second-order valence-electron chi connectivity index (χ2n) is 5.26. The van der Waals surface area contributed by atoms with E-state index < -0.39 is 5.60 Å². The van der Waals surface area contributed by atoms with Gasteiger partial charge in [0.1, 0.15) is 0 Å². The summed E-state index contributed by atoms with van der Waals surface area (Å²) in [6.07, 6.45) is 7.54. The Morgan fingerprint density at radius 2 is 1.75 bits per heavy atom. The fourth-order valence-corrected chi connectivity index (χ4v) is 2.68. The molecular formula is C17H20O3. The lowest BCUT2D eigenvalue weighted by Crippen LogP contribution is -2.43. The van der Waals surface area contributed by atoms with Gasteiger partial charge in [0.25, 0.3) is 0 Å². The number of ether oxygens (including phenoxy) is 1. The van der Waals surface area contributed by atoms with E-state index in [4.69, 9.17) is 4.74 Å². The van der Waals surface area contributed by atoms with Crippen LogP contribution in [0.5, 0.6) is 0 Å². The van der Waals surface area contributed by atoms with Gasteiger partial charge < -0.3 is 4.74 Å². The minimum atomic E-state index is -0.935. The van der Waals surface area contributed by atoms with Crippen molar-refractivity contribution in [3.63, 3.8) is 0 Å². The first kappa shape index (κ1) is 14.5. The van der Waals surface area contributed by atoms with Crippen molar-refractivity contribution < 1.29 is 14.3 Å². The molecule has 1 saturated carbocycles. The van der Waals surface area contributed by atoms with E-state index in [0.29, 0.717) is 12.8 Å². The second-order valence-corrected chi connectivity index (χ2v) is 5.26. The van der Waals surface area contributed by atoms with Gasteiger partial charge in [-0.15, -0.1) is 0 Å². The number of hydrogen-bond donors (Lipinski definition) is 0. The third-order valence-corrected chi connectivity index (χ3v) is 3.68. The molecule has 0 heterocycles. The van der Waals surface area contributed by atoms with Gasteiger partial charge in [-0.25, -0.2) is 0 Å². The van der Waals surface area contributed by atoms with Crippen molar-refractivity contribution in [1.29, 1.82) is 0 Å². The lowest BCUT2D eigenvalue weighted by Gasteiger charge is -2.34. The van der Waals surface area contributed by atoms with E-state index in [0.717, 1.165) is 24.8 Å². The minimum Gasteiger partial charge on any atom is -0.451 e. The molecule has 0 spiro atoms. The predicted octanol–water partition coefficient (Wildman–Crippen LogP) is 3.53. The number of ketones is 1. The van der Waals surface area contributed by atoms with Gasteiger partial charge in [-0.1, -0.05) is 42.8 Å². The molecule has 3 nitrogen and oxygen atoms in total. The summed E-state index contributed by atoms with van der Waals surface area (Å²) in [4.78, 5) is 23.8. The third-order valence-electron chi connectivity index (χ3n) is 3.68. The summed E-state index contributed by atoms with van der Waals surface area (Å²) >= 11 is 0. The lowest BCUT2D eigenvalue weighted by molar-refractivity contribution is -0.167. The Hall–Kier alpha value is -1.90. The molecule has 1 aliphatic rings. The number of esters is 1. The van der Waals surface area contributed by atoms with Crippen LogP contribution in [0.2, 0.25) is 0 Å². The summed E-state index contributed by atoms with van der Waals surface area (Å²) in [5, 5.41) is 0. The maximum Gasteiger partial charge on any atom is 0.303 e. The average Bonchev–Trinajstić information content (AvgIpc) is 2.46. The Kier molecular flexibility index (Phi) is 4.72. The van der Waals surface area contributed by atoms with Crippen LogP contribution in [0.3, 0.4) is 0 Å². The monoisotopic (exact) mass is 272 g/mol. The van der Waals surface area contributed by atoms with E-state index in [1.807, 2.05) is 30.3 Å². The van der Waals surface area contributed by atoms with Crippen molar-refractivity contribution in [3.8, 4) is 0 Å². The highest BCUT2D eigenvalue weighted by atomic mass is 16.6. The molecule has 3 heteroatoms. The van der Waals surface area contributed by atoms with Gasteiger partial charge in [-0.2, -0.15) is 0 Å². The Labute approximate surface area is 119 Å². The first-order valence-electron chi connectivity index (χ1n) is 7.09. The SMILES string of the molecule is CC(=O)OC1(C(=O)C=Cc2ccccc2)CCCCC1. The molecule has 20 heavy (non-hydrogen) atoms. The molecule has 106 valence electrons. The van der Waals surface area contributed by atoms with Crippen LogP contribution >= 0.6 is 0 Å². The molecular weight excluding hydrogens is 252 g/mol. The molecule has 0 atom stereocenters. The molecule has 0 bridgehead atoms. The van der Waals surface area contributed by atoms with Gasteiger partial charge in [0.2, 0.25) is 0 Å². The summed E-state index contributed by atoms with van der Waals surface area (Å²) < 4.78 is 5.39. The molecule has 1 aliphatic carbocycles. The summed E-state index contributed by atoms with van der Waals surface area (Å²) in [7, 11) is 0. The van der Waals surface area contributed by atoms with Crippen LogP contribution in [0.25, 0.3) is 6.08 Å². The topological polar surface area (TPSA) is 43.4 Å². The van der Waals surface area contributed by atoms with Gasteiger partial charge in [-0.3, -0.25) is 9.59 Å². The molecule has 1 aromatic carbocycles. The Morgan fingerprint density at radius 3 is 2.35 bits per heavy atom. The molecule has 0 radical (unpaired) electrons. The first-order chi connectivity index (χ1) is 9.62. The largest absolute Gasteiger partial charge is 0.451 e. The zero-order chi connectivity index (χ0) is 14.4. The highest BCUT2D eigenvalue weighted by molar-refractivity contribution is 6.01. The smallest absolute Gasteiger partial charge is 0.303 e. The van der Waals surface area contributed by atoms with Crippen LogP contribution in [0.1, 0.15) is 44.6 Å². The van der Waals surface area contributed by atoms with E-state index in [1.165, 1.54) is 6.92 Å². The van der Waals surface area contributed by atoms with Crippen molar-refractivity contribution in [1.82, 2.24) is 0 Å². The third kappa shape index (κ3) is 3.56. The van der Waals surface area contributed by atoms with Gasteiger partial charge in [-0.05, 0) is 37.3 Å². The van der Waals surface area contributed by atoms with Crippen molar-refractivity contribution >= 4 is 17.8 Å². The summed E-state index contributed by atoms with van der Waals surface area (Å²) in [6, 6.07) is 9.64. The van der Waals surface area contributed by atoms with E-state index >= 15 is 0 Å². The Bertz CT molecular complexity index is 496. The molecule has 0 unspecified atom stereocenters. The zero-order valence-electron chi connectivity index (χ0n) is 11.8. The summed E-state index contributed by atoms with van der Waals surface area (Å²) in [5.74, 6) is -0.482. The molecule has 0 amide bonds. The quantitative estimate of drug-likeness (QED) is 0.622. The van der Waals surface area contributed by atoms with Crippen LogP contribution in [0, 0.1) is 0 Å². The number of benzene rings is 1. The van der Waals surface area contributed by atoms with Crippen LogP contribution in [0.4, 0.5) is 0 Å². The van der Waals surface area contributed by atoms with Gasteiger partial charge in [0.15, 0.2) is 11.4 Å². The maximum atomic E-state index is 12.5. The highest BCUT2D eigenvalue weighted by Gasteiger charge is 2.40. The molecule has 2 rings (SSSR count). The van der Waals surface area contributed by atoms with Crippen LogP contribution in [-0.4, -0.2) is 17.4 Å². The number of carbonyl (C=O) groups excluding carboxylic acids is 2. The Balaban J connectivity index is 2.14. The second kappa shape index (κ2) is 6.51. The number of carbonyl (C=O) groups is 2. The van der Waals surface area contributed by atoms with Gasteiger partial charge in [0, 0.05) is 6.92 Å². The van der Waals surface area contributed by atoms with E-state index in [2.05, 4.69) is 0 Å². The standard InChI is InChI=1S/C17H20O3/c1-14(18)20-17(12-6-3-7-13-17)16(19)11-10-15-8-4-2-5-9-15/h2,4-5,8-11H,3,6-7,12-13H2,1H3. The summed E-state index contributed by atoms with van der Waals surface area (Å²) in [6.45, 7) is 1.37. The van der Waals surface area contributed by atoms with Crippen molar-refractivity contribution in [2.45, 2.75) is 44.6 Å². The zero-order valence-corrected chi connectivity index (χ0v) is 11.8. The minimum absolute atomic E-state index is 0.101. The molecule has 0 aliphatic heterocycles. The number of rotatable bonds is 4. The molecule has 0 saturated heterocycles. The Morgan fingerprint density at radius 1 is 1.10 bits per heavy atom. The molecule has 1 aromatic rings. The van der Waals surface area contributed by atoms with Crippen LogP contribution in [0.15, 0.2) is 36.4 Å². The number of hydrogen-bond acceptors (Lipinski definition) is 3. The molecule has 0 N–H and O–H groups in total. The van der Waals surface area contributed by atoms with E-state index in [9.17, 15) is 9.59 Å². The van der Waals surface area contributed by atoms with Gasteiger partial charge in [0.05, 0.1) is 0 Å². The van der Waals surface area contributed by atoms with Crippen molar-refractivity contribution in [2.75, 3.05) is 0 Å². The lowest BCUT2D eigenvalue weighted by atomic mass is 9.81.